The van der Waals surface area contributed by atoms with Crippen LogP contribution in [0.4, 0.5) is 13.2 Å². The highest BCUT2D eigenvalue weighted by Crippen LogP contribution is 2.16. The summed E-state index contributed by atoms with van der Waals surface area (Å²) >= 11 is 0. The fraction of sp³-hybridized carbons (Fsp3) is 0.632. The molecule has 0 aliphatic carbocycles. The summed E-state index contributed by atoms with van der Waals surface area (Å²) in [4.78, 5) is 6.77. The van der Waals surface area contributed by atoms with Gasteiger partial charge in [0.05, 0.1) is 19.8 Å². The van der Waals surface area contributed by atoms with Crippen LogP contribution in [-0.4, -0.2) is 57.0 Å². The number of ether oxygens (including phenoxy) is 2. The summed E-state index contributed by atoms with van der Waals surface area (Å²) in [6, 6.07) is 7.27. The molecule has 152 valence electrons. The van der Waals surface area contributed by atoms with Crippen molar-refractivity contribution in [3.05, 3.63) is 35.4 Å². The van der Waals surface area contributed by atoms with Crippen LogP contribution >= 0.6 is 0 Å². The molecule has 0 saturated carbocycles. The first-order valence-corrected chi connectivity index (χ1v) is 9.17. The molecular weight excluding hydrogens is 359 g/mol. The maximum atomic E-state index is 12.1. The summed E-state index contributed by atoms with van der Waals surface area (Å²) in [7, 11) is 2.01. The van der Waals surface area contributed by atoms with E-state index in [2.05, 4.69) is 19.9 Å². The number of nitrogens with zero attached hydrogens (tertiary/aromatic N) is 2. The van der Waals surface area contributed by atoms with Crippen molar-refractivity contribution in [3.63, 3.8) is 0 Å². The molecule has 1 N–H and O–H groups in total. The van der Waals surface area contributed by atoms with Gasteiger partial charge in [0.2, 0.25) is 0 Å². The molecule has 0 amide bonds. The van der Waals surface area contributed by atoms with Gasteiger partial charge in [-0.2, -0.15) is 13.2 Å². The molecule has 0 spiro atoms. The smallest absolute Gasteiger partial charge is 0.381 e. The Balaban J connectivity index is 1.86. The number of nitrogens with one attached hydrogen (secondary N) is 1. The van der Waals surface area contributed by atoms with E-state index in [1.54, 1.807) is 12.1 Å². The van der Waals surface area contributed by atoms with Gasteiger partial charge in [-0.1, -0.05) is 24.3 Å². The highest BCUT2D eigenvalue weighted by molar-refractivity contribution is 5.79. The Bertz CT molecular complexity index is 585. The van der Waals surface area contributed by atoms with E-state index in [1.807, 2.05) is 26.1 Å². The molecule has 5 nitrogen and oxygen atoms in total. The third-order valence-electron chi connectivity index (χ3n) is 4.22. The number of benzene rings is 1. The lowest BCUT2D eigenvalue weighted by atomic mass is 10.1. The summed E-state index contributed by atoms with van der Waals surface area (Å²) in [5, 5.41) is 3.29. The number of hydrogen-bond acceptors (Lipinski definition) is 3. The minimum atomic E-state index is -4.30. The van der Waals surface area contributed by atoms with Crippen LogP contribution in [-0.2, 0) is 22.6 Å². The monoisotopic (exact) mass is 387 g/mol. The number of halogens is 3. The maximum Gasteiger partial charge on any atom is 0.411 e. The van der Waals surface area contributed by atoms with Gasteiger partial charge < -0.3 is 19.7 Å². The van der Waals surface area contributed by atoms with Crippen molar-refractivity contribution in [1.82, 2.24) is 10.2 Å². The lowest BCUT2D eigenvalue weighted by molar-refractivity contribution is -0.176. The van der Waals surface area contributed by atoms with Crippen LogP contribution < -0.4 is 5.32 Å². The lowest BCUT2D eigenvalue weighted by Gasteiger charge is -2.24. The number of guanidine groups is 1. The van der Waals surface area contributed by atoms with Crippen molar-refractivity contribution in [2.45, 2.75) is 32.7 Å². The van der Waals surface area contributed by atoms with E-state index in [0.717, 1.165) is 44.2 Å². The predicted molar refractivity (Wildman–Crippen MR) is 98.5 cm³/mol. The van der Waals surface area contributed by atoms with Gasteiger partial charge in [0.25, 0.3) is 0 Å². The molecule has 1 fully saturated rings. The number of aliphatic imine (C=N–C) groups is 1. The Morgan fingerprint density at radius 1 is 1.30 bits per heavy atom. The lowest BCUT2D eigenvalue weighted by Crippen LogP contribution is -2.41. The minimum absolute atomic E-state index is 0.0576. The van der Waals surface area contributed by atoms with Gasteiger partial charge in [-0.3, -0.25) is 0 Å². The van der Waals surface area contributed by atoms with Gasteiger partial charge in [0.1, 0.15) is 6.61 Å². The Morgan fingerprint density at radius 3 is 2.59 bits per heavy atom. The number of alkyl halides is 3. The molecule has 2 rings (SSSR count). The van der Waals surface area contributed by atoms with Crippen molar-refractivity contribution in [1.29, 1.82) is 0 Å². The van der Waals surface area contributed by atoms with Gasteiger partial charge in [-0.15, -0.1) is 0 Å². The zero-order chi connectivity index (χ0) is 19.7. The second-order valence-corrected chi connectivity index (χ2v) is 6.70. The number of hydrogen-bond donors (Lipinski definition) is 1. The normalized spacial score (nSPS) is 18.0. The van der Waals surface area contributed by atoms with E-state index in [-0.39, 0.29) is 6.61 Å². The molecular formula is C19H28F3N3O2. The molecule has 1 aliphatic rings. The van der Waals surface area contributed by atoms with Crippen LogP contribution in [0.2, 0.25) is 0 Å². The first-order chi connectivity index (χ1) is 12.9. The van der Waals surface area contributed by atoms with E-state index in [1.165, 1.54) is 0 Å². The molecule has 1 aromatic rings. The van der Waals surface area contributed by atoms with Crippen LogP contribution in [0.5, 0.6) is 0 Å². The molecule has 0 bridgehead atoms. The van der Waals surface area contributed by atoms with Gasteiger partial charge in [0, 0.05) is 32.7 Å². The first kappa shape index (κ1) is 21.5. The zero-order valence-corrected chi connectivity index (χ0v) is 15.9. The van der Waals surface area contributed by atoms with Gasteiger partial charge in [0.15, 0.2) is 5.96 Å². The molecule has 1 heterocycles. The summed E-state index contributed by atoms with van der Waals surface area (Å²) < 4.78 is 46.4. The quantitative estimate of drug-likeness (QED) is 0.550. The molecule has 1 saturated heterocycles. The largest absolute Gasteiger partial charge is 0.411 e. The van der Waals surface area contributed by atoms with E-state index in [0.29, 0.717) is 18.0 Å². The van der Waals surface area contributed by atoms with Crippen LogP contribution in [0.3, 0.4) is 0 Å². The van der Waals surface area contributed by atoms with Crippen LogP contribution in [0.1, 0.15) is 24.5 Å². The van der Waals surface area contributed by atoms with Crippen molar-refractivity contribution >= 4 is 5.96 Å². The molecule has 1 aromatic carbocycles. The van der Waals surface area contributed by atoms with Gasteiger partial charge in [-0.05, 0) is 24.5 Å². The Labute approximate surface area is 158 Å². The predicted octanol–water partition coefficient (Wildman–Crippen LogP) is 3.20. The van der Waals surface area contributed by atoms with E-state index >= 15 is 0 Å². The summed E-state index contributed by atoms with van der Waals surface area (Å²) in [6.07, 6.45) is -3.23. The SMILES string of the molecule is CCNC(=NCc1ccc(COCC(F)(F)F)cc1)N(C)CC1CCOC1. The molecule has 0 radical (unpaired) electrons. The Hall–Kier alpha value is -1.80. The second kappa shape index (κ2) is 10.5. The second-order valence-electron chi connectivity index (χ2n) is 6.70. The third-order valence-corrected chi connectivity index (χ3v) is 4.22. The minimum Gasteiger partial charge on any atom is -0.381 e. The summed E-state index contributed by atoms with van der Waals surface area (Å²) in [5.41, 5.74) is 1.69. The number of rotatable bonds is 8. The van der Waals surface area contributed by atoms with E-state index < -0.39 is 12.8 Å². The maximum absolute atomic E-state index is 12.1. The van der Waals surface area contributed by atoms with Crippen LogP contribution in [0, 0.1) is 5.92 Å². The molecule has 1 aliphatic heterocycles. The molecule has 1 atom stereocenters. The standard InChI is InChI=1S/C19H28F3N3O2/c1-3-23-18(25(2)11-17-8-9-26-13-17)24-10-15-4-6-16(7-5-15)12-27-14-19(20,21)22/h4-7,17H,3,8-14H2,1-2H3,(H,23,24). The molecule has 8 heteroatoms. The molecule has 0 aromatic heterocycles. The highest BCUT2D eigenvalue weighted by Gasteiger charge is 2.27. The van der Waals surface area contributed by atoms with Crippen molar-refractivity contribution in [3.8, 4) is 0 Å². The molecule has 27 heavy (non-hydrogen) atoms. The van der Waals surface area contributed by atoms with E-state index in [9.17, 15) is 13.2 Å². The van der Waals surface area contributed by atoms with Crippen molar-refractivity contribution in [2.75, 3.05) is 40.0 Å². The van der Waals surface area contributed by atoms with Crippen LogP contribution in [0.25, 0.3) is 0 Å². The average Bonchev–Trinajstić information content (AvgIpc) is 3.11. The fourth-order valence-corrected chi connectivity index (χ4v) is 2.86. The highest BCUT2D eigenvalue weighted by atomic mass is 19.4. The topological polar surface area (TPSA) is 46.1 Å². The summed E-state index contributed by atoms with van der Waals surface area (Å²) in [5.74, 6) is 1.36. The van der Waals surface area contributed by atoms with Gasteiger partial charge in [-0.25, -0.2) is 4.99 Å². The summed E-state index contributed by atoms with van der Waals surface area (Å²) in [6.45, 7) is 4.52. The Kier molecular flexibility index (Phi) is 8.37. The average molecular weight is 387 g/mol. The fourth-order valence-electron chi connectivity index (χ4n) is 2.86. The molecule has 1 unspecified atom stereocenters. The zero-order valence-electron chi connectivity index (χ0n) is 15.9. The van der Waals surface area contributed by atoms with Crippen molar-refractivity contribution < 1.29 is 22.6 Å². The van der Waals surface area contributed by atoms with Crippen molar-refractivity contribution in [2.24, 2.45) is 10.9 Å². The Morgan fingerprint density at radius 2 is 2.00 bits per heavy atom. The van der Waals surface area contributed by atoms with Crippen LogP contribution in [0.15, 0.2) is 29.3 Å². The third kappa shape index (κ3) is 8.17. The first-order valence-electron chi connectivity index (χ1n) is 9.17. The van der Waals surface area contributed by atoms with Gasteiger partial charge >= 0.3 is 6.18 Å². The van der Waals surface area contributed by atoms with E-state index in [4.69, 9.17) is 4.74 Å².